The Morgan fingerprint density at radius 2 is 1.13 bits per heavy atom. The smallest absolute Gasteiger partial charge is 0.463 e. The minimum atomic E-state index is -1.33. The Morgan fingerprint density at radius 3 is 1.70 bits per heavy atom. The van der Waals surface area contributed by atoms with Gasteiger partial charge in [0, 0.05) is 21.0 Å². The van der Waals surface area contributed by atoms with Gasteiger partial charge in [-0.2, -0.15) is 0 Å². The summed E-state index contributed by atoms with van der Waals surface area (Å²) in [6.45, 7) is 2.78. The number of ether oxygens (including phenoxy) is 11. The summed E-state index contributed by atoms with van der Waals surface area (Å²) in [6.07, 6.45) is -11.4. The van der Waals surface area contributed by atoms with Crippen LogP contribution in [0.4, 0.5) is 4.79 Å². The highest BCUT2D eigenvalue weighted by molar-refractivity contribution is 5.67. The largest absolute Gasteiger partial charge is 0.509 e. The molecular formula is C39H44O14. The van der Waals surface area contributed by atoms with Gasteiger partial charge in [0.1, 0.15) is 37.1 Å². The van der Waals surface area contributed by atoms with Crippen LogP contribution in [0, 0.1) is 0 Å². The third-order valence-electron chi connectivity index (χ3n) is 8.89. The second-order valence-corrected chi connectivity index (χ2v) is 12.7. The predicted molar refractivity (Wildman–Crippen MR) is 183 cm³/mol. The van der Waals surface area contributed by atoms with E-state index in [0.29, 0.717) is 0 Å². The van der Waals surface area contributed by atoms with Crippen LogP contribution in [0.25, 0.3) is 0 Å². The van der Waals surface area contributed by atoms with E-state index in [-0.39, 0.29) is 33.0 Å². The van der Waals surface area contributed by atoms with E-state index in [0.717, 1.165) is 16.7 Å². The molecule has 0 N–H and O–H groups in total. The van der Waals surface area contributed by atoms with Crippen molar-refractivity contribution in [3.05, 3.63) is 108 Å². The molecule has 3 heterocycles. The molecule has 3 aromatic rings. The van der Waals surface area contributed by atoms with Gasteiger partial charge < -0.3 is 52.1 Å². The van der Waals surface area contributed by atoms with Crippen LogP contribution in [0.3, 0.4) is 0 Å². The number of fused-ring (bicyclic) bond motifs is 1. The van der Waals surface area contributed by atoms with E-state index in [4.69, 9.17) is 52.1 Å². The van der Waals surface area contributed by atoms with E-state index in [9.17, 15) is 14.4 Å². The first kappa shape index (κ1) is 38.3. The van der Waals surface area contributed by atoms with Crippen molar-refractivity contribution < 1.29 is 66.5 Å². The van der Waals surface area contributed by atoms with Crippen molar-refractivity contribution in [1.29, 1.82) is 0 Å². The van der Waals surface area contributed by atoms with Crippen LogP contribution in [-0.2, 0) is 81.5 Å². The molecule has 0 radical (unpaired) electrons. The lowest BCUT2D eigenvalue weighted by Crippen LogP contribution is -2.65. The first-order valence-corrected chi connectivity index (χ1v) is 17.4. The van der Waals surface area contributed by atoms with Crippen molar-refractivity contribution in [2.45, 2.75) is 95.1 Å². The van der Waals surface area contributed by atoms with Gasteiger partial charge in [-0.15, -0.1) is 0 Å². The van der Waals surface area contributed by atoms with E-state index in [2.05, 4.69) is 0 Å². The summed E-state index contributed by atoms with van der Waals surface area (Å²) < 4.78 is 66.6. The summed E-state index contributed by atoms with van der Waals surface area (Å²) in [5.74, 6) is -1.26. The SMILES string of the molecule is CO[C@H]1O[C@H](COCc2ccccc2)[C@@H](O[C@H]2O[C@H](COC(C)=O)[C@@H](OC(C)=O)[C@@H]3OC(=O)O[C@@H]23)[C@H](OCc2ccccc2)[C@H]1OCc1ccccc1. The quantitative estimate of drug-likeness (QED) is 0.152. The van der Waals surface area contributed by atoms with Gasteiger partial charge in [0.2, 0.25) is 0 Å². The number of hydrogen-bond acceptors (Lipinski definition) is 14. The van der Waals surface area contributed by atoms with E-state index in [1.54, 1.807) is 0 Å². The van der Waals surface area contributed by atoms with Crippen LogP contribution in [0.2, 0.25) is 0 Å². The highest BCUT2D eigenvalue weighted by atomic mass is 16.8. The molecule has 3 fully saturated rings. The van der Waals surface area contributed by atoms with E-state index >= 15 is 0 Å². The van der Waals surface area contributed by atoms with Gasteiger partial charge in [-0.25, -0.2) is 4.79 Å². The number of methoxy groups -OCH3 is 1. The molecule has 6 rings (SSSR count). The van der Waals surface area contributed by atoms with Gasteiger partial charge in [0.05, 0.1) is 26.4 Å². The molecule has 14 heteroatoms. The van der Waals surface area contributed by atoms with Gasteiger partial charge in [0.15, 0.2) is 30.9 Å². The predicted octanol–water partition coefficient (Wildman–Crippen LogP) is 4.25. The Labute approximate surface area is 307 Å². The van der Waals surface area contributed by atoms with Gasteiger partial charge in [-0.3, -0.25) is 9.59 Å². The Bertz CT molecular complexity index is 1610. The fourth-order valence-electron chi connectivity index (χ4n) is 6.45. The Kier molecular flexibility index (Phi) is 13.4. The number of carbonyl (C=O) groups is 3. The molecule has 0 bridgehead atoms. The molecule has 284 valence electrons. The van der Waals surface area contributed by atoms with E-state index in [1.165, 1.54) is 21.0 Å². The summed E-state index contributed by atoms with van der Waals surface area (Å²) in [7, 11) is 1.51. The summed E-state index contributed by atoms with van der Waals surface area (Å²) in [4.78, 5) is 36.5. The summed E-state index contributed by atoms with van der Waals surface area (Å²) in [6, 6.07) is 28.9. The Morgan fingerprint density at radius 1 is 0.604 bits per heavy atom. The molecule has 53 heavy (non-hydrogen) atoms. The second-order valence-electron chi connectivity index (χ2n) is 12.7. The van der Waals surface area contributed by atoms with Crippen molar-refractivity contribution >= 4 is 18.1 Å². The molecule has 0 amide bonds. The van der Waals surface area contributed by atoms with Crippen molar-refractivity contribution in [3.63, 3.8) is 0 Å². The average Bonchev–Trinajstić information content (AvgIpc) is 3.57. The molecule has 3 aromatic carbocycles. The first-order valence-electron chi connectivity index (χ1n) is 17.4. The van der Waals surface area contributed by atoms with Crippen LogP contribution in [0.1, 0.15) is 30.5 Å². The number of carbonyl (C=O) groups excluding carboxylic acids is 3. The van der Waals surface area contributed by atoms with Gasteiger partial charge in [-0.05, 0) is 16.7 Å². The molecule has 0 spiro atoms. The molecule has 3 aliphatic heterocycles. The third kappa shape index (κ3) is 10.2. The second kappa shape index (κ2) is 18.6. The minimum Gasteiger partial charge on any atom is -0.463 e. The first-order chi connectivity index (χ1) is 25.8. The van der Waals surface area contributed by atoms with Crippen LogP contribution in [0.5, 0.6) is 0 Å². The van der Waals surface area contributed by atoms with Crippen LogP contribution in [-0.4, -0.2) is 99.8 Å². The highest BCUT2D eigenvalue weighted by Crippen LogP contribution is 2.37. The van der Waals surface area contributed by atoms with Crippen molar-refractivity contribution in [2.24, 2.45) is 0 Å². The fourth-order valence-corrected chi connectivity index (χ4v) is 6.45. The van der Waals surface area contributed by atoms with Crippen molar-refractivity contribution in [2.75, 3.05) is 20.3 Å². The molecule has 0 aromatic heterocycles. The molecule has 10 atom stereocenters. The Hall–Kier alpha value is -4.41. The summed E-state index contributed by atoms with van der Waals surface area (Å²) in [5, 5.41) is 0. The summed E-state index contributed by atoms with van der Waals surface area (Å²) in [5.41, 5.74) is 2.75. The zero-order valence-corrected chi connectivity index (χ0v) is 29.7. The van der Waals surface area contributed by atoms with Gasteiger partial charge >= 0.3 is 18.1 Å². The highest BCUT2D eigenvalue weighted by Gasteiger charge is 2.59. The Balaban J connectivity index is 1.33. The molecule has 0 aliphatic carbocycles. The lowest BCUT2D eigenvalue weighted by Gasteiger charge is -2.48. The number of hydrogen-bond donors (Lipinski definition) is 0. The van der Waals surface area contributed by atoms with Crippen LogP contribution >= 0.6 is 0 Å². The molecular weight excluding hydrogens is 692 g/mol. The molecule has 0 saturated carbocycles. The molecule has 3 saturated heterocycles. The maximum absolute atomic E-state index is 12.6. The normalized spacial score (nSPS) is 29.4. The third-order valence-corrected chi connectivity index (χ3v) is 8.89. The summed E-state index contributed by atoms with van der Waals surface area (Å²) >= 11 is 0. The van der Waals surface area contributed by atoms with Crippen molar-refractivity contribution in [1.82, 2.24) is 0 Å². The molecule has 14 nitrogen and oxygen atoms in total. The number of rotatable bonds is 16. The standard InChI is InChI=1S/C39H44O14/c1-24(40)45-23-30-32(48-25(2)41)34-36(53-39(42)52-34)38(50-30)51-31-29(22-44-19-26-13-7-4-8-14-26)49-37(43-3)35(47-21-28-17-11-6-12-18-28)33(31)46-20-27-15-9-5-10-16-27/h4-18,29-38H,19-23H2,1-3H3/t29-,30-,31-,32-,33+,34+,35-,36-,37+,38-/m1/s1. The molecule has 3 aliphatic rings. The van der Waals surface area contributed by atoms with E-state index in [1.807, 2.05) is 91.0 Å². The molecule has 0 unspecified atom stereocenters. The fraction of sp³-hybridized carbons (Fsp3) is 0.462. The average molecular weight is 737 g/mol. The maximum atomic E-state index is 12.6. The van der Waals surface area contributed by atoms with Crippen LogP contribution in [0.15, 0.2) is 91.0 Å². The van der Waals surface area contributed by atoms with Gasteiger partial charge in [-0.1, -0.05) is 91.0 Å². The van der Waals surface area contributed by atoms with Crippen LogP contribution < -0.4 is 0 Å². The number of esters is 2. The van der Waals surface area contributed by atoms with E-state index < -0.39 is 79.5 Å². The zero-order chi connectivity index (χ0) is 37.2. The monoisotopic (exact) mass is 736 g/mol. The zero-order valence-electron chi connectivity index (χ0n) is 29.7. The van der Waals surface area contributed by atoms with Gasteiger partial charge in [0.25, 0.3) is 0 Å². The number of benzene rings is 3. The lowest BCUT2D eigenvalue weighted by atomic mass is 9.96. The van der Waals surface area contributed by atoms with Crippen molar-refractivity contribution in [3.8, 4) is 0 Å². The minimum absolute atomic E-state index is 0.0279. The maximum Gasteiger partial charge on any atom is 0.509 e. The lowest BCUT2D eigenvalue weighted by molar-refractivity contribution is -0.360. The topological polar surface area (TPSA) is 153 Å².